The molecule has 33 heavy (non-hydrogen) atoms. The predicted molar refractivity (Wildman–Crippen MR) is 125 cm³/mol. The zero-order valence-electron chi connectivity index (χ0n) is 19.7. The molecule has 2 aromatic rings. The Labute approximate surface area is 195 Å². The van der Waals surface area contributed by atoms with Gasteiger partial charge < -0.3 is 24.4 Å². The highest BCUT2D eigenvalue weighted by molar-refractivity contribution is 5.94. The molecule has 0 saturated carbocycles. The molecule has 4 rings (SSSR count). The Morgan fingerprint density at radius 2 is 1.88 bits per heavy atom. The molecule has 1 spiro atoms. The number of likely N-dealkylation sites (tertiary alicyclic amines) is 1. The first-order valence-electron chi connectivity index (χ1n) is 11.7. The van der Waals surface area contributed by atoms with Crippen molar-refractivity contribution >= 4 is 11.9 Å². The van der Waals surface area contributed by atoms with E-state index in [4.69, 9.17) is 9.47 Å². The quantitative estimate of drug-likeness (QED) is 0.718. The summed E-state index contributed by atoms with van der Waals surface area (Å²) in [5.41, 5.74) is 1.12. The van der Waals surface area contributed by atoms with Gasteiger partial charge in [-0.1, -0.05) is 26.0 Å². The minimum Gasteiger partial charge on any atom is -0.388 e. The molecule has 2 saturated heterocycles. The summed E-state index contributed by atoms with van der Waals surface area (Å²) in [6, 6.07) is 9.13. The molecule has 2 aliphatic rings. The standard InChI is InChI=1S/C25H34N4O4/c1-18(2)22(30)19-5-7-20(8-6-19)23(31)28-13-9-25(10-14-28)17-29(15-21(33-25)16-32-3)24-26-11-4-12-27-24/h4-8,11-12,18,21-22,30H,9-10,13-17H2,1-3H3. The van der Waals surface area contributed by atoms with Crippen molar-refractivity contribution in [1.29, 1.82) is 0 Å². The summed E-state index contributed by atoms with van der Waals surface area (Å²) in [5, 5.41) is 10.2. The number of methoxy groups -OCH3 is 1. The number of benzene rings is 1. The Morgan fingerprint density at radius 3 is 2.48 bits per heavy atom. The van der Waals surface area contributed by atoms with Crippen LogP contribution in [0.5, 0.6) is 0 Å². The van der Waals surface area contributed by atoms with Gasteiger partial charge in [0.1, 0.15) is 0 Å². The predicted octanol–water partition coefficient (Wildman–Crippen LogP) is 2.69. The summed E-state index contributed by atoms with van der Waals surface area (Å²) in [4.78, 5) is 26.0. The maximum absolute atomic E-state index is 13.1. The number of nitrogens with zero attached hydrogens (tertiary/aromatic N) is 4. The lowest BCUT2D eigenvalue weighted by Gasteiger charge is -2.49. The number of aliphatic hydroxyl groups is 1. The van der Waals surface area contributed by atoms with Crippen molar-refractivity contribution in [3.8, 4) is 0 Å². The normalized spacial score (nSPS) is 21.4. The number of morpholine rings is 1. The summed E-state index contributed by atoms with van der Waals surface area (Å²) in [7, 11) is 1.68. The van der Waals surface area contributed by atoms with Gasteiger partial charge in [0.25, 0.3) is 5.91 Å². The van der Waals surface area contributed by atoms with E-state index in [0.717, 1.165) is 18.4 Å². The summed E-state index contributed by atoms with van der Waals surface area (Å²) in [6.45, 7) is 7.07. The minimum atomic E-state index is -0.524. The Balaban J connectivity index is 1.42. The van der Waals surface area contributed by atoms with E-state index in [0.29, 0.717) is 44.3 Å². The second kappa shape index (κ2) is 10.2. The van der Waals surface area contributed by atoms with Gasteiger partial charge in [-0.15, -0.1) is 0 Å². The van der Waals surface area contributed by atoms with Crippen molar-refractivity contribution in [2.75, 3.05) is 44.8 Å². The molecule has 2 unspecified atom stereocenters. The van der Waals surface area contributed by atoms with E-state index < -0.39 is 6.10 Å². The summed E-state index contributed by atoms with van der Waals surface area (Å²) < 4.78 is 11.9. The molecule has 2 fully saturated rings. The maximum atomic E-state index is 13.1. The molecule has 0 aliphatic carbocycles. The summed E-state index contributed by atoms with van der Waals surface area (Å²) in [5.74, 6) is 0.842. The average molecular weight is 455 g/mol. The van der Waals surface area contributed by atoms with Crippen LogP contribution in [0.25, 0.3) is 0 Å². The van der Waals surface area contributed by atoms with Crippen LogP contribution in [0.2, 0.25) is 0 Å². The summed E-state index contributed by atoms with van der Waals surface area (Å²) >= 11 is 0. The van der Waals surface area contributed by atoms with E-state index in [1.807, 2.05) is 49.1 Å². The number of aromatic nitrogens is 2. The van der Waals surface area contributed by atoms with Crippen LogP contribution in [-0.2, 0) is 9.47 Å². The Bertz CT molecular complexity index is 914. The molecule has 3 heterocycles. The van der Waals surface area contributed by atoms with Crippen LogP contribution < -0.4 is 4.90 Å². The number of hydrogen-bond acceptors (Lipinski definition) is 7. The van der Waals surface area contributed by atoms with E-state index in [1.54, 1.807) is 19.5 Å². The number of hydrogen-bond donors (Lipinski definition) is 1. The number of carbonyl (C=O) groups excluding carboxylic acids is 1. The third kappa shape index (κ3) is 5.34. The molecule has 1 amide bonds. The van der Waals surface area contributed by atoms with Gasteiger partial charge in [0, 0.05) is 44.7 Å². The average Bonchev–Trinajstić information content (AvgIpc) is 2.84. The number of anilines is 1. The number of rotatable bonds is 6. The van der Waals surface area contributed by atoms with Gasteiger partial charge in [-0.05, 0) is 42.5 Å². The molecular formula is C25H34N4O4. The number of carbonyl (C=O) groups is 1. The lowest BCUT2D eigenvalue weighted by Crippen LogP contribution is -2.61. The monoisotopic (exact) mass is 454 g/mol. The van der Waals surface area contributed by atoms with Crippen LogP contribution in [0.15, 0.2) is 42.7 Å². The number of aliphatic hydroxyl groups excluding tert-OH is 1. The van der Waals surface area contributed by atoms with Crippen LogP contribution in [0.4, 0.5) is 5.95 Å². The molecular weight excluding hydrogens is 420 g/mol. The highest BCUT2D eigenvalue weighted by Gasteiger charge is 2.44. The highest BCUT2D eigenvalue weighted by Crippen LogP contribution is 2.34. The number of ether oxygens (including phenoxy) is 2. The highest BCUT2D eigenvalue weighted by atomic mass is 16.5. The van der Waals surface area contributed by atoms with Crippen molar-refractivity contribution in [2.45, 2.75) is 44.5 Å². The Kier molecular flexibility index (Phi) is 7.26. The van der Waals surface area contributed by atoms with Crippen molar-refractivity contribution in [2.24, 2.45) is 5.92 Å². The van der Waals surface area contributed by atoms with E-state index in [2.05, 4.69) is 14.9 Å². The van der Waals surface area contributed by atoms with E-state index in [-0.39, 0.29) is 23.5 Å². The Morgan fingerprint density at radius 1 is 1.21 bits per heavy atom. The molecule has 2 aliphatic heterocycles. The zero-order chi connectivity index (χ0) is 23.4. The van der Waals surface area contributed by atoms with Gasteiger partial charge in [-0.3, -0.25) is 4.79 Å². The first-order chi connectivity index (χ1) is 15.9. The fraction of sp³-hybridized carbons (Fsp3) is 0.560. The van der Waals surface area contributed by atoms with Crippen LogP contribution >= 0.6 is 0 Å². The lowest BCUT2D eigenvalue weighted by molar-refractivity contribution is -0.145. The van der Waals surface area contributed by atoms with Crippen LogP contribution in [0, 0.1) is 5.92 Å². The third-order valence-electron chi connectivity index (χ3n) is 6.60. The molecule has 0 radical (unpaired) electrons. The fourth-order valence-corrected chi connectivity index (χ4v) is 4.75. The smallest absolute Gasteiger partial charge is 0.253 e. The van der Waals surface area contributed by atoms with Gasteiger partial charge in [-0.25, -0.2) is 9.97 Å². The van der Waals surface area contributed by atoms with Crippen molar-refractivity contribution < 1.29 is 19.4 Å². The van der Waals surface area contributed by atoms with E-state index >= 15 is 0 Å². The third-order valence-corrected chi connectivity index (χ3v) is 6.60. The van der Waals surface area contributed by atoms with Crippen molar-refractivity contribution in [3.05, 3.63) is 53.9 Å². The van der Waals surface area contributed by atoms with E-state index in [9.17, 15) is 9.90 Å². The molecule has 8 heteroatoms. The second-order valence-electron chi connectivity index (χ2n) is 9.41. The van der Waals surface area contributed by atoms with Gasteiger partial charge >= 0.3 is 0 Å². The van der Waals surface area contributed by atoms with Crippen LogP contribution in [0.1, 0.15) is 48.7 Å². The molecule has 0 bridgehead atoms. The first kappa shape index (κ1) is 23.6. The molecule has 1 aromatic heterocycles. The van der Waals surface area contributed by atoms with Gasteiger partial charge in [0.15, 0.2) is 0 Å². The molecule has 1 aromatic carbocycles. The Hall–Kier alpha value is -2.55. The van der Waals surface area contributed by atoms with Gasteiger partial charge in [0.05, 0.1) is 31.0 Å². The van der Waals surface area contributed by atoms with Crippen molar-refractivity contribution in [1.82, 2.24) is 14.9 Å². The van der Waals surface area contributed by atoms with Crippen LogP contribution in [-0.4, -0.2) is 77.5 Å². The molecule has 8 nitrogen and oxygen atoms in total. The van der Waals surface area contributed by atoms with Gasteiger partial charge in [-0.2, -0.15) is 0 Å². The largest absolute Gasteiger partial charge is 0.388 e. The lowest BCUT2D eigenvalue weighted by atomic mass is 9.88. The molecule has 1 N–H and O–H groups in total. The topological polar surface area (TPSA) is 88.0 Å². The summed E-state index contributed by atoms with van der Waals surface area (Å²) in [6.07, 6.45) is 4.39. The second-order valence-corrected chi connectivity index (χ2v) is 9.41. The molecule has 178 valence electrons. The van der Waals surface area contributed by atoms with Crippen LogP contribution in [0.3, 0.4) is 0 Å². The van der Waals surface area contributed by atoms with Crippen molar-refractivity contribution in [3.63, 3.8) is 0 Å². The minimum absolute atomic E-state index is 0.0166. The SMILES string of the molecule is COCC1CN(c2ncccn2)CC2(CCN(C(=O)c3ccc(C(O)C(C)C)cc3)CC2)O1. The van der Waals surface area contributed by atoms with E-state index in [1.165, 1.54) is 0 Å². The maximum Gasteiger partial charge on any atom is 0.253 e. The number of amides is 1. The zero-order valence-corrected chi connectivity index (χ0v) is 19.7. The van der Waals surface area contributed by atoms with Gasteiger partial charge in [0.2, 0.25) is 5.95 Å². The fourth-order valence-electron chi connectivity index (χ4n) is 4.75. The molecule has 2 atom stereocenters. The first-order valence-corrected chi connectivity index (χ1v) is 11.7. The number of piperidine rings is 1.